The zero-order valence-corrected chi connectivity index (χ0v) is 13.8. The molecule has 5 nitrogen and oxygen atoms in total. The van der Waals surface area contributed by atoms with Gasteiger partial charge in [0.1, 0.15) is 12.5 Å². The van der Waals surface area contributed by atoms with Crippen LogP contribution in [0.25, 0.3) is 6.08 Å². The van der Waals surface area contributed by atoms with Crippen LogP contribution in [0.4, 0.5) is 14.5 Å². The lowest BCUT2D eigenvalue weighted by molar-refractivity contribution is -0.149. The summed E-state index contributed by atoms with van der Waals surface area (Å²) in [6, 6.07) is 4.34. The molecule has 0 aromatic heterocycles. The number of carbonyl (C=O) groups is 1. The van der Waals surface area contributed by atoms with E-state index in [0.29, 0.717) is 23.6 Å². The lowest BCUT2D eigenvalue weighted by Gasteiger charge is -2.29. The number of nitrogens with one attached hydrogen (secondary N) is 1. The Kier molecular flexibility index (Phi) is 4.16. The normalized spacial score (nSPS) is 21.8. The second-order valence-electron chi connectivity index (χ2n) is 5.74. The summed E-state index contributed by atoms with van der Waals surface area (Å²) in [4.78, 5) is 18.1. The summed E-state index contributed by atoms with van der Waals surface area (Å²) in [6.45, 7) is 3.92. The monoisotopic (exact) mass is 345 g/mol. The number of allylic oxidation sites excluding steroid dienone is 1. The SMILES string of the molecule is C=Cc1ccc(NC2=CC3=NCN(C)C3=CC2(F)C(=O)OC)c(F)c1. The predicted octanol–water partition coefficient (Wildman–Crippen LogP) is 2.89. The van der Waals surface area contributed by atoms with Crippen LogP contribution in [0.5, 0.6) is 0 Å². The number of ether oxygens (including phenoxy) is 1. The molecule has 1 aromatic rings. The van der Waals surface area contributed by atoms with Crippen molar-refractivity contribution in [3.63, 3.8) is 0 Å². The molecule has 130 valence electrons. The van der Waals surface area contributed by atoms with Crippen molar-refractivity contribution in [2.24, 2.45) is 4.99 Å². The third kappa shape index (κ3) is 2.82. The Morgan fingerprint density at radius 2 is 2.28 bits per heavy atom. The van der Waals surface area contributed by atoms with Crippen molar-refractivity contribution in [3.05, 3.63) is 59.7 Å². The molecular formula is C18H17F2N3O2. The minimum absolute atomic E-state index is 0.0339. The van der Waals surface area contributed by atoms with Crippen molar-refractivity contribution in [1.29, 1.82) is 0 Å². The second-order valence-corrected chi connectivity index (χ2v) is 5.74. The van der Waals surface area contributed by atoms with E-state index < -0.39 is 17.5 Å². The smallest absolute Gasteiger partial charge is 0.354 e. The maximum absolute atomic E-state index is 15.5. The molecule has 7 heteroatoms. The molecule has 1 atom stereocenters. The standard InChI is InChI=1S/C18H17F2N3O2/c1-4-11-5-6-13(12(19)7-11)22-16-8-14-15(23(2)10-21-14)9-18(16,20)17(24)25-3/h4-9,22H,1,10H2,2-3H3. The molecule has 0 saturated carbocycles. The molecule has 0 spiro atoms. The molecule has 25 heavy (non-hydrogen) atoms. The van der Waals surface area contributed by atoms with Crippen molar-refractivity contribution in [3.8, 4) is 0 Å². The van der Waals surface area contributed by atoms with Crippen LogP contribution in [0.3, 0.4) is 0 Å². The van der Waals surface area contributed by atoms with Crippen LogP contribution in [0.2, 0.25) is 0 Å². The number of benzene rings is 1. The molecular weight excluding hydrogens is 328 g/mol. The maximum atomic E-state index is 15.5. The van der Waals surface area contributed by atoms with Gasteiger partial charge in [0.25, 0.3) is 5.67 Å². The Labute approximate surface area is 144 Å². The molecule has 0 saturated heterocycles. The van der Waals surface area contributed by atoms with Crippen molar-refractivity contribution < 1.29 is 18.3 Å². The zero-order valence-electron chi connectivity index (χ0n) is 13.8. The Morgan fingerprint density at radius 3 is 2.92 bits per heavy atom. The fourth-order valence-electron chi connectivity index (χ4n) is 2.70. The zero-order chi connectivity index (χ0) is 18.2. The summed E-state index contributed by atoms with van der Waals surface area (Å²) in [6.07, 6.45) is 4.04. The number of anilines is 1. The van der Waals surface area contributed by atoms with Gasteiger partial charge in [-0.25, -0.2) is 13.6 Å². The van der Waals surface area contributed by atoms with Crippen LogP contribution in [0.15, 0.2) is 53.3 Å². The van der Waals surface area contributed by atoms with E-state index in [1.165, 1.54) is 24.3 Å². The van der Waals surface area contributed by atoms with Crippen LogP contribution in [-0.2, 0) is 9.53 Å². The third-order valence-electron chi connectivity index (χ3n) is 4.12. The minimum Gasteiger partial charge on any atom is -0.466 e. The van der Waals surface area contributed by atoms with E-state index in [-0.39, 0.29) is 11.4 Å². The van der Waals surface area contributed by atoms with Crippen LogP contribution < -0.4 is 5.32 Å². The number of hydrogen-bond donors (Lipinski definition) is 1. The molecule has 0 amide bonds. The number of carbonyl (C=O) groups excluding carboxylic acids is 1. The van der Waals surface area contributed by atoms with E-state index in [4.69, 9.17) is 0 Å². The topological polar surface area (TPSA) is 53.9 Å². The molecule has 1 aromatic carbocycles. The number of aliphatic imine (C=N–C) groups is 1. The van der Waals surface area contributed by atoms with Gasteiger partial charge in [0.15, 0.2) is 0 Å². The molecule has 0 fully saturated rings. The van der Waals surface area contributed by atoms with Crippen LogP contribution >= 0.6 is 0 Å². The van der Waals surface area contributed by atoms with Gasteiger partial charge in [-0.15, -0.1) is 0 Å². The van der Waals surface area contributed by atoms with E-state index in [2.05, 4.69) is 21.6 Å². The summed E-state index contributed by atoms with van der Waals surface area (Å²) in [5.74, 6) is -1.69. The molecule has 0 radical (unpaired) electrons. The van der Waals surface area contributed by atoms with Crippen molar-refractivity contribution in [2.45, 2.75) is 5.67 Å². The molecule has 0 bridgehead atoms. The van der Waals surface area contributed by atoms with Gasteiger partial charge in [0, 0.05) is 7.05 Å². The number of rotatable bonds is 4. The van der Waals surface area contributed by atoms with Gasteiger partial charge in [0.05, 0.1) is 29.9 Å². The number of methoxy groups -OCH3 is 1. The van der Waals surface area contributed by atoms with E-state index in [1.807, 2.05) is 0 Å². The summed E-state index contributed by atoms with van der Waals surface area (Å²) in [7, 11) is 2.83. The fraction of sp³-hybridized carbons (Fsp3) is 0.222. The van der Waals surface area contributed by atoms with Gasteiger partial charge in [-0.2, -0.15) is 0 Å². The van der Waals surface area contributed by atoms with Gasteiger partial charge in [-0.1, -0.05) is 18.7 Å². The van der Waals surface area contributed by atoms with E-state index >= 15 is 4.39 Å². The summed E-state index contributed by atoms with van der Waals surface area (Å²) < 4.78 is 34.3. The first-order valence-corrected chi connectivity index (χ1v) is 7.56. The quantitative estimate of drug-likeness (QED) is 0.853. The van der Waals surface area contributed by atoms with E-state index in [1.54, 1.807) is 18.0 Å². The van der Waals surface area contributed by atoms with Gasteiger partial charge >= 0.3 is 5.97 Å². The molecule has 3 rings (SSSR count). The molecule has 1 heterocycles. The first-order valence-electron chi connectivity index (χ1n) is 7.56. The molecule has 1 unspecified atom stereocenters. The molecule has 1 aliphatic carbocycles. The fourth-order valence-corrected chi connectivity index (χ4v) is 2.70. The van der Waals surface area contributed by atoms with Gasteiger partial charge in [-0.3, -0.25) is 4.99 Å². The summed E-state index contributed by atoms with van der Waals surface area (Å²) in [5.41, 5.74) is -1.09. The minimum atomic E-state index is -2.56. The number of hydrogen-bond acceptors (Lipinski definition) is 5. The number of halogens is 2. The first-order chi connectivity index (χ1) is 11.9. The Balaban J connectivity index is 2.02. The van der Waals surface area contributed by atoms with E-state index in [9.17, 15) is 9.18 Å². The van der Waals surface area contributed by atoms with Crippen LogP contribution in [-0.4, -0.2) is 43.1 Å². The lowest BCUT2D eigenvalue weighted by atomic mass is 9.92. The van der Waals surface area contributed by atoms with Gasteiger partial charge in [0.2, 0.25) is 0 Å². The van der Waals surface area contributed by atoms with E-state index in [0.717, 1.165) is 13.2 Å². The highest BCUT2D eigenvalue weighted by atomic mass is 19.1. The summed E-state index contributed by atoms with van der Waals surface area (Å²) >= 11 is 0. The lowest BCUT2D eigenvalue weighted by Crippen LogP contribution is -2.42. The Morgan fingerprint density at radius 1 is 1.52 bits per heavy atom. The summed E-state index contributed by atoms with van der Waals surface area (Å²) in [5, 5.41) is 2.67. The van der Waals surface area contributed by atoms with Crippen LogP contribution in [0.1, 0.15) is 5.56 Å². The highest BCUT2D eigenvalue weighted by Gasteiger charge is 2.47. The number of nitrogens with zero attached hydrogens (tertiary/aromatic N) is 2. The Hall–Kier alpha value is -2.96. The van der Waals surface area contributed by atoms with Crippen molar-refractivity contribution >= 4 is 23.4 Å². The van der Waals surface area contributed by atoms with Crippen molar-refractivity contribution in [2.75, 3.05) is 26.1 Å². The average Bonchev–Trinajstić information content (AvgIpc) is 2.95. The number of fused-ring (bicyclic) bond motifs is 1. The van der Waals surface area contributed by atoms with Crippen LogP contribution in [0, 0.1) is 5.82 Å². The van der Waals surface area contributed by atoms with Gasteiger partial charge < -0.3 is 15.0 Å². The third-order valence-corrected chi connectivity index (χ3v) is 4.12. The average molecular weight is 345 g/mol. The highest BCUT2D eigenvalue weighted by molar-refractivity contribution is 6.13. The Bertz CT molecular complexity index is 845. The second kappa shape index (κ2) is 6.16. The predicted molar refractivity (Wildman–Crippen MR) is 92.2 cm³/mol. The molecule has 2 aliphatic rings. The van der Waals surface area contributed by atoms with Gasteiger partial charge in [-0.05, 0) is 29.8 Å². The molecule has 1 aliphatic heterocycles. The first kappa shape index (κ1) is 16.9. The largest absolute Gasteiger partial charge is 0.466 e. The number of esters is 1. The maximum Gasteiger partial charge on any atom is 0.354 e. The molecule has 1 N–H and O–H groups in total. The van der Waals surface area contributed by atoms with Crippen molar-refractivity contribution in [1.82, 2.24) is 4.90 Å². The number of alkyl halides is 1. The highest BCUT2D eigenvalue weighted by Crippen LogP contribution is 2.35.